The van der Waals surface area contributed by atoms with Crippen LogP contribution < -0.4 is 15.4 Å². The number of nitrogens with one attached hydrogen (secondary N) is 2. The number of methoxy groups -OCH3 is 1. The molecule has 0 unspecified atom stereocenters. The number of pyridine rings is 1. The number of aryl methyl sites for hydroxylation is 1. The monoisotopic (exact) mass is 537 g/mol. The quantitative estimate of drug-likeness (QED) is 0.467. The first kappa shape index (κ1) is 26.7. The maximum atomic E-state index is 13.0. The van der Waals surface area contributed by atoms with Gasteiger partial charge < -0.3 is 15.4 Å². The summed E-state index contributed by atoms with van der Waals surface area (Å²) in [5.41, 5.74) is 1.41. The number of rotatable bonds is 10. The van der Waals surface area contributed by atoms with Crippen LogP contribution in [0.2, 0.25) is 5.02 Å². The normalized spacial score (nSPS) is 21.1. The van der Waals surface area contributed by atoms with Gasteiger partial charge in [-0.15, -0.1) is 0 Å². The van der Waals surface area contributed by atoms with E-state index in [1.54, 1.807) is 18.0 Å². The van der Waals surface area contributed by atoms with Gasteiger partial charge in [0.1, 0.15) is 21.4 Å². The van der Waals surface area contributed by atoms with Crippen LogP contribution in [0.15, 0.2) is 12.3 Å². The molecular formula is C25H36ClN5O4S. The number of carbonyl (C=O) groups is 1. The smallest absolute Gasteiger partial charge is 0.273 e. The minimum Gasteiger partial charge on any atom is -0.496 e. The molecule has 2 aliphatic carbocycles. The van der Waals surface area contributed by atoms with Gasteiger partial charge in [-0.2, -0.15) is 5.10 Å². The minimum absolute atomic E-state index is 0.157. The van der Waals surface area contributed by atoms with Crippen LogP contribution >= 0.6 is 11.6 Å². The number of halogens is 1. The molecule has 2 N–H and O–H groups in total. The molecule has 2 aromatic heterocycles. The molecule has 4 rings (SSSR count). The van der Waals surface area contributed by atoms with Crippen molar-refractivity contribution >= 4 is 33.2 Å². The lowest BCUT2D eigenvalue weighted by atomic mass is 9.89. The Morgan fingerprint density at radius 2 is 1.94 bits per heavy atom. The van der Waals surface area contributed by atoms with Gasteiger partial charge in [-0.1, -0.05) is 11.6 Å². The predicted octanol–water partition coefficient (Wildman–Crippen LogP) is 4.17. The van der Waals surface area contributed by atoms with Crippen LogP contribution in [0.3, 0.4) is 0 Å². The topological polar surface area (TPSA) is 115 Å². The summed E-state index contributed by atoms with van der Waals surface area (Å²) in [6.07, 6.45) is 8.27. The second-order valence-corrected chi connectivity index (χ2v) is 12.8. The Morgan fingerprint density at radius 3 is 2.53 bits per heavy atom. The molecule has 1 atom stereocenters. The van der Waals surface area contributed by atoms with Crippen molar-refractivity contribution in [2.75, 3.05) is 25.2 Å². The zero-order chi connectivity index (χ0) is 26.0. The van der Waals surface area contributed by atoms with Crippen LogP contribution in [0.25, 0.3) is 11.3 Å². The minimum atomic E-state index is -3.01. The largest absolute Gasteiger partial charge is 0.496 e. The number of aromatic nitrogens is 3. The van der Waals surface area contributed by atoms with E-state index in [-0.39, 0.29) is 27.8 Å². The third kappa shape index (κ3) is 5.96. The van der Waals surface area contributed by atoms with Crippen molar-refractivity contribution in [3.63, 3.8) is 0 Å². The first-order chi connectivity index (χ1) is 17.1. The highest BCUT2D eigenvalue weighted by Crippen LogP contribution is 2.39. The molecule has 0 aromatic carbocycles. The molecule has 36 heavy (non-hydrogen) atoms. The predicted molar refractivity (Wildman–Crippen MR) is 141 cm³/mol. The molecule has 11 heteroatoms. The van der Waals surface area contributed by atoms with E-state index in [2.05, 4.69) is 27.6 Å². The third-order valence-corrected chi connectivity index (χ3v) is 9.45. The molecule has 0 aliphatic heterocycles. The van der Waals surface area contributed by atoms with Gasteiger partial charge >= 0.3 is 0 Å². The maximum absolute atomic E-state index is 13.0. The molecule has 0 radical (unpaired) electrons. The number of carbonyl (C=O) groups excluding carboxylic acids is 1. The van der Waals surface area contributed by atoms with Gasteiger partial charge in [0.05, 0.1) is 28.6 Å². The first-order valence-electron chi connectivity index (χ1n) is 12.7. The Morgan fingerprint density at radius 1 is 1.25 bits per heavy atom. The standard InChI is InChI=1S/C25H36ClN5O4S/c1-5-31-24(19-14-27-21(12-20(19)35-3)29-15(2)17-8-9-17)22(26)23(30-31)25(32)28-13-16-6-10-18(11-7-16)36(4,33)34/h12,14-18H,5-11,13H2,1-4H3,(H,27,29)(H,28,32)/t15-,16?,18?/m0/s1. The van der Waals surface area contributed by atoms with Crippen LogP contribution in [-0.4, -0.2) is 60.3 Å². The van der Waals surface area contributed by atoms with Crippen molar-refractivity contribution in [2.45, 2.75) is 70.2 Å². The number of anilines is 1. The molecule has 2 aromatic rings. The highest BCUT2D eigenvalue weighted by molar-refractivity contribution is 7.91. The Bertz CT molecular complexity index is 1200. The molecule has 2 fully saturated rings. The van der Waals surface area contributed by atoms with Gasteiger partial charge in [-0.3, -0.25) is 9.48 Å². The molecule has 2 aliphatic rings. The van der Waals surface area contributed by atoms with Crippen LogP contribution in [0.1, 0.15) is 62.9 Å². The summed E-state index contributed by atoms with van der Waals surface area (Å²) in [6.45, 7) is 5.07. The molecule has 0 saturated heterocycles. The van der Waals surface area contributed by atoms with E-state index in [1.807, 2.05) is 13.0 Å². The summed E-state index contributed by atoms with van der Waals surface area (Å²) in [5.74, 6) is 1.91. The highest BCUT2D eigenvalue weighted by Gasteiger charge is 2.30. The Labute approximate surface area is 218 Å². The van der Waals surface area contributed by atoms with E-state index in [9.17, 15) is 13.2 Å². The SMILES string of the molecule is CCn1nc(C(=O)NCC2CCC(S(C)(=O)=O)CC2)c(Cl)c1-c1cnc(N[C@@H](C)C2CC2)cc1OC. The number of ether oxygens (including phenoxy) is 1. The Hall–Kier alpha value is -2.33. The lowest BCUT2D eigenvalue weighted by Gasteiger charge is -2.27. The van der Waals surface area contributed by atoms with Crippen LogP contribution in [0.5, 0.6) is 5.75 Å². The first-order valence-corrected chi connectivity index (χ1v) is 15.0. The van der Waals surface area contributed by atoms with Crippen molar-refractivity contribution in [1.82, 2.24) is 20.1 Å². The molecule has 1 amide bonds. The lowest BCUT2D eigenvalue weighted by Crippen LogP contribution is -2.34. The average Bonchev–Trinajstić information content (AvgIpc) is 3.65. The number of hydrogen-bond donors (Lipinski definition) is 2. The summed E-state index contributed by atoms with van der Waals surface area (Å²) < 4.78 is 30.9. The van der Waals surface area contributed by atoms with Gasteiger partial charge in [-0.25, -0.2) is 13.4 Å². The van der Waals surface area contributed by atoms with Crippen LogP contribution in [0.4, 0.5) is 5.82 Å². The lowest BCUT2D eigenvalue weighted by molar-refractivity contribution is 0.0938. The fourth-order valence-electron chi connectivity index (χ4n) is 4.97. The molecule has 0 bridgehead atoms. The van der Waals surface area contributed by atoms with E-state index in [4.69, 9.17) is 16.3 Å². The van der Waals surface area contributed by atoms with E-state index >= 15 is 0 Å². The molecule has 2 saturated carbocycles. The van der Waals surface area contributed by atoms with Crippen molar-refractivity contribution < 1.29 is 17.9 Å². The highest BCUT2D eigenvalue weighted by atomic mass is 35.5. The Kier molecular flexibility index (Phi) is 8.14. The van der Waals surface area contributed by atoms with E-state index in [0.717, 1.165) is 18.7 Å². The summed E-state index contributed by atoms with van der Waals surface area (Å²) in [6, 6.07) is 2.19. The molecular weight excluding hydrogens is 502 g/mol. The van der Waals surface area contributed by atoms with E-state index < -0.39 is 9.84 Å². The third-order valence-electron chi connectivity index (χ3n) is 7.41. The van der Waals surface area contributed by atoms with Crippen LogP contribution in [-0.2, 0) is 16.4 Å². The second-order valence-electron chi connectivity index (χ2n) is 10.0. The number of nitrogens with zero attached hydrogens (tertiary/aromatic N) is 3. The molecule has 2 heterocycles. The summed E-state index contributed by atoms with van der Waals surface area (Å²) in [7, 11) is -1.42. The fraction of sp³-hybridized carbons (Fsp3) is 0.640. The van der Waals surface area contributed by atoms with Gasteiger partial charge in [0, 0.05) is 37.7 Å². The zero-order valence-electron chi connectivity index (χ0n) is 21.4. The van der Waals surface area contributed by atoms with Crippen molar-refractivity contribution in [1.29, 1.82) is 0 Å². The van der Waals surface area contributed by atoms with E-state index in [1.165, 1.54) is 19.1 Å². The summed E-state index contributed by atoms with van der Waals surface area (Å²) >= 11 is 6.72. The van der Waals surface area contributed by atoms with Crippen LogP contribution in [0, 0.1) is 11.8 Å². The summed E-state index contributed by atoms with van der Waals surface area (Å²) in [5, 5.41) is 10.9. The fourth-order valence-corrected chi connectivity index (χ4v) is 6.42. The van der Waals surface area contributed by atoms with Gasteiger partial charge in [0.25, 0.3) is 5.91 Å². The molecule has 9 nitrogen and oxygen atoms in total. The van der Waals surface area contributed by atoms with Crippen molar-refractivity contribution in [3.05, 3.63) is 23.0 Å². The molecule has 0 spiro atoms. The van der Waals surface area contributed by atoms with Gasteiger partial charge in [-0.05, 0) is 64.2 Å². The molecule has 198 valence electrons. The van der Waals surface area contributed by atoms with Crippen molar-refractivity contribution in [3.8, 4) is 17.0 Å². The van der Waals surface area contributed by atoms with E-state index in [0.29, 0.717) is 54.9 Å². The van der Waals surface area contributed by atoms with Gasteiger partial charge in [0.2, 0.25) is 0 Å². The van der Waals surface area contributed by atoms with Crippen molar-refractivity contribution in [2.24, 2.45) is 11.8 Å². The Balaban J connectivity index is 1.48. The maximum Gasteiger partial charge on any atom is 0.273 e. The summed E-state index contributed by atoms with van der Waals surface area (Å²) in [4.78, 5) is 17.6. The average molecular weight is 538 g/mol. The number of hydrogen-bond acceptors (Lipinski definition) is 7. The zero-order valence-corrected chi connectivity index (χ0v) is 23.0. The second kappa shape index (κ2) is 11.0. The number of amides is 1. The van der Waals surface area contributed by atoms with Gasteiger partial charge in [0.15, 0.2) is 5.69 Å². The number of sulfone groups is 1.